The van der Waals surface area contributed by atoms with Crippen molar-refractivity contribution in [3.8, 4) is 0 Å². The van der Waals surface area contributed by atoms with Gasteiger partial charge in [-0.25, -0.2) is 0 Å². The second-order valence-electron chi connectivity index (χ2n) is 3.36. The third kappa shape index (κ3) is 3.36. The molecule has 1 heterocycles. The maximum atomic E-state index is 11.9. The summed E-state index contributed by atoms with van der Waals surface area (Å²) in [6.45, 7) is 3.12. The van der Waals surface area contributed by atoms with Crippen molar-refractivity contribution in [2.24, 2.45) is 0 Å². The molecule has 0 aromatic carbocycles. The summed E-state index contributed by atoms with van der Waals surface area (Å²) in [6.07, 6.45) is 5.04. The molecule has 5 nitrogen and oxygen atoms in total. The van der Waals surface area contributed by atoms with Gasteiger partial charge >= 0.3 is 0 Å². The summed E-state index contributed by atoms with van der Waals surface area (Å²) in [6, 6.07) is 0. The predicted molar refractivity (Wildman–Crippen MR) is 56.5 cm³/mol. The Bertz CT molecular complexity index is 285. The van der Waals surface area contributed by atoms with Crippen LogP contribution in [0, 0.1) is 0 Å². The van der Waals surface area contributed by atoms with Gasteiger partial charge in [0.2, 0.25) is 0 Å². The molecular weight excluding hydrogens is 194 g/mol. The molecule has 0 aliphatic carbocycles. The van der Waals surface area contributed by atoms with E-state index in [-0.39, 0.29) is 12.5 Å². The summed E-state index contributed by atoms with van der Waals surface area (Å²) in [4.78, 5) is 13.5. The number of nitrogens with one attached hydrogen (secondary N) is 1. The summed E-state index contributed by atoms with van der Waals surface area (Å²) in [5, 5.41) is 15.2. The molecule has 0 fully saturated rings. The highest BCUT2D eigenvalue weighted by Crippen LogP contribution is 2.03. The topological polar surface area (TPSA) is 69.2 Å². The molecule has 1 amide bonds. The highest BCUT2D eigenvalue weighted by molar-refractivity contribution is 5.93. The van der Waals surface area contributed by atoms with Crippen LogP contribution in [0.2, 0.25) is 0 Å². The minimum absolute atomic E-state index is 0.00664. The number of aromatic nitrogens is 2. The fraction of sp³-hybridized carbons (Fsp3) is 0.600. The molecular formula is C10H17N3O2. The Morgan fingerprint density at radius 3 is 2.93 bits per heavy atom. The molecule has 2 N–H and O–H groups in total. The van der Waals surface area contributed by atoms with Crippen LogP contribution < -0.4 is 0 Å². The van der Waals surface area contributed by atoms with E-state index in [0.29, 0.717) is 18.7 Å². The zero-order chi connectivity index (χ0) is 11.1. The monoisotopic (exact) mass is 211 g/mol. The third-order valence-corrected chi connectivity index (χ3v) is 2.18. The van der Waals surface area contributed by atoms with Gasteiger partial charge in [-0.2, -0.15) is 5.10 Å². The zero-order valence-corrected chi connectivity index (χ0v) is 8.94. The molecule has 0 bridgehead atoms. The summed E-state index contributed by atoms with van der Waals surface area (Å²) in [5.41, 5.74) is 0.541. The molecule has 84 valence electrons. The van der Waals surface area contributed by atoms with Gasteiger partial charge in [-0.15, -0.1) is 0 Å². The van der Waals surface area contributed by atoms with Gasteiger partial charge in [0.1, 0.15) is 0 Å². The highest BCUT2D eigenvalue weighted by atomic mass is 16.3. The van der Waals surface area contributed by atoms with Crippen molar-refractivity contribution in [1.82, 2.24) is 15.1 Å². The number of hydrogen-bond donors (Lipinski definition) is 2. The lowest BCUT2D eigenvalue weighted by Gasteiger charge is -2.20. The van der Waals surface area contributed by atoms with E-state index in [1.54, 1.807) is 11.1 Å². The van der Waals surface area contributed by atoms with Crippen LogP contribution in [-0.2, 0) is 0 Å². The van der Waals surface area contributed by atoms with Crippen molar-refractivity contribution in [1.29, 1.82) is 0 Å². The van der Waals surface area contributed by atoms with Crippen molar-refractivity contribution in [2.75, 3.05) is 19.7 Å². The van der Waals surface area contributed by atoms with Crippen LogP contribution in [0.15, 0.2) is 12.4 Å². The molecule has 15 heavy (non-hydrogen) atoms. The van der Waals surface area contributed by atoms with Crippen LogP contribution >= 0.6 is 0 Å². The largest absolute Gasteiger partial charge is 0.395 e. The normalized spacial score (nSPS) is 10.3. The zero-order valence-electron chi connectivity index (χ0n) is 8.94. The van der Waals surface area contributed by atoms with E-state index in [4.69, 9.17) is 5.11 Å². The smallest absolute Gasteiger partial charge is 0.257 e. The summed E-state index contributed by atoms with van der Waals surface area (Å²) < 4.78 is 0. The number of unbranched alkanes of at least 4 members (excludes halogenated alkanes) is 1. The van der Waals surface area contributed by atoms with Crippen LogP contribution in [0.1, 0.15) is 30.1 Å². The Hall–Kier alpha value is -1.36. The summed E-state index contributed by atoms with van der Waals surface area (Å²) in [5.74, 6) is -0.0775. The molecule has 0 aliphatic rings. The van der Waals surface area contributed by atoms with E-state index in [1.165, 1.54) is 6.20 Å². The number of carbonyl (C=O) groups is 1. The minimum atomic E-state index is -0.0775. The summed E-state index contributed by atoms with van der Waals surface area (Å²) >= 11 is 0. The number of aliphatic hydroxyl groups excluding tert-OH is 1. The lowest BCUT2D eigenvalue weighted by atomic mass is 10.2. The maximum Gasteiger partial charge on any atom is 0.257 e. The Labute approximate surface area is 89.1 Å². The minimum Gasteiger partial charge on any atom is -0.395 e. The Kier molecular flexibility index (Phi) is 4.83. The van der Waals surface area contributed by atoms with Crippen LogP contribution in [0.4, 0.5) is 0 Å². The number of rotatable bonds is 6. The fourth-order valence-electron chi connectivity index (χ4n) is 1.33. The molecule has 1 aromatic heterocycles. The van der Waals surface area contributed by atoms with Gasteiger partial charge in [0, 0.05) is 19.3 Å². The first-order chi connectivity index (χ1) is 7.29. The van der Waals surface area contributed by atoms with E-state index >= 15 is 0 Å². The van der Waals surface area contributed by atoms with Gasteiger partial charge in [-0.3, -0.25) is 9.89 Å². The van der Waals surface area contributed by atoms with Gasteiger partial charge < -0.3 is 10.0 Å². The quantitative estimate of drug-likeness (QED) is 0.725. The van der Waals surface area contributed by atoms with Crippen molar-refractivity contribution >= 4 is 5.91 Å². The van der Waals surface area contributed by atoms with Crippen molar-refractivity contribution in [2.45, 2.75) is 19.8 Å². The van der Waals surface area contributed by atoms with Crippen molar-refractivity contribution in [3.63, 3.8) is 0 Å². The second-order valence-corrected chi connectivity index (χ2v) is 3.36. The molecule has 0 radical (unpaired) electrons. The van der Waals surface area contributed by atoms with Gasteiger partial charge in [-0.05, 0) is 6.42 Å². The van der Waals surface area contributed by atoms with Crippen LogP contribution in [0.3, 0.4) is 0 Å². The van der Waals surface area contributed by atoms with E-state index < -0.39 is 0 Å². The Morgan fingerprint density at radius 2 is 2.40 bits per heavy atom. The molecule has 0 spiro atoms. The average Bonchev–Trinajstić information content (AvgIpc) is 2.76. The fourth-order valence-corrected chi connectivity index (χ4v) is 1.33. The first kappa shape index (κ1) is 11.7. The lowest BCUT2D eigenvalue weighted by molar-refractivity contribution is 0.0719. The molecule has 0 unspecified atom stereocenters. The average molecular weight is 211 g/mol. The molecule has 1 aromatic rings. The molecule has 0 saturated carbocycles. The lowest BCUT2D eigenvalue weighted by Crippen LogP contribution is -2.34. The molecule has 5 heteroatoms. The molecule has 1 rings (SSSR count). The number of hydrogen-bond acceptors (Lipinski definition) is 3. The van der Waals surface area contributed by atoms with E-state index in [9.17, 15) is 4.79 Å². The Balaban J connectivity index is 2.58. The number of nitrogens with zero attached hydrogens (tertiary/aromatic N) is 2. The van der Waals surface area contributed by atoms with Crippen LogP contribution in [-0.4, -0.2) is 45.8 Å². The Morgan fingerprint density at radius 1 is 1.60 bits per heavy atom. The maximum absolute atomic E-state index is 11.9. The van der Waals surface area contributed by atoms with E-state index in [1.807, 2.05) is 0 Å². The molecule has 0 aliphatic heterocycles. The predicted octanol–water partition coefficient (Wildman–Crippen LogP) is 0.644. The van der Waals surface area contributed by atoms with Gasteiger partial charge in [-0.1, -0.05) is 13.3 Å². The summed E-state index contributed by atoms with van der Waals surface area (Å²) in [7, 11) is 0. The molecule has 0 atom stereocenters. The van der Waals surface area contributed by atoms with Crippen LogP contribution in [0.25, 0.3) is 0 Å². The van der Waals surface area contributed by atoms with Gasteiger partial charge in [0.25, 0.3) is 5.91 Å². The number of H-pyrrole nitrogens is 1. The van der Waals surface area contributed by atoms with Gasteiger partial charge in [0.05, 0.1) is 18.4 Å². The first-order valence-electron chi connectivity index (χ1n) is 5.18. The highest BCUT2D eigenvalue weighted by Gasteiger charge is 2.15. The molecule has 0 saturated heterocycles. The second kappa shape index (κ2) is 6.19. The first-order valence-corrected chi connectivity index (χ1v) is 5.18. The van der Waals surface area contributed by atoms with Crippen LogP contribution in [0.5, 0.6) is 0 Å². The SMILES string of the molecule is CCCCN(CCO)C(=O)c1cn[nH]c1. The van der Waals surface area contributed by atoms with E-state index in [2.05, 4.69) is 17.1 Å². The third-order valence-electron chi connectivity index (χ3n) is 2.18. The number of carbonyl (C=O) groups excluding carboxylic acids is 1. The van der Waals surface area contributed by atoms with Gasteiger partial charge in [0.15, 0.2) is 0 Å². The number of aliphatic hydroxyl groups is 1. The number of amides is 1. The van der Waals surface area contributed by atoms with Crippen molar-refractivity contribution < 1.29 is 9.90 Å². The number of aromatic amines is 1. The standard InChI is InChI=1S/C10H17N3O2/c1-2-3-4-13(5-6-14)10(15)9-7-11-12-8-9/h7-8,14H,2-6H2,1H3,(H,11,12). The van der Waals surface area contributed by atoms with Crippen molar-refractivity contribution in [3.05, 3.63) is 18.0 Å². The van der Waals surface area contributed by atoms with E-state index in [0.717, 1.165) is 12.8 Å².